The highest BCUT2D eigenvalue weighted by atomic mass is 32.1. The summed E-state index contributed by atoms with van der Waals surface area (Å²) in [7, 11) is 0. The predicted molar refractivity (Wildman–Crippen MR) is 40.3 cm³/mol. The first-order chi connectivity index (χ1) is 5.96. The van der Waals surface area contributed by atoms with Gasteiger partial charge in [-0.05, 0) is 5.38 Å². The van der Waals surface area contributed by atoms with Crippen molar-refractivity contribution >= 4 is 17.6 Å². The van der Waals surface area contributed by atoms with E-state index >= 15 is 0 Å². The van der Waals surface area contributed by atoms with Crippen molar-refractivity contribution in [2.24, 2.45) is 0 Å². The van der Waals surface area contributed by atoms with Gasteiger partial charge in [0.25, 0.3) is 0 Å². The van der Waals surface area contributed by atoms with Gasteiger partial charge in [-0.3, -0.25) is 0 Å². The van der Waals surface area contributed by atoms with E-state index in [2.05, 4.69) is 0 Å². The van der Waals surface area contributed by atoms with Gasteiger partial charge in [0.15, 0.2) is 6.29 Å². The molecule has 0 spiro atoms. The molecule has 0 radical (unpaired) electrons. The molecule has 0 saturated heterocycles. The summed E-state index contributed by atoms with van der Waals surface area (Å²) in [6.45, 7) is 0. The zero-order valence-corrected chi connectivity index (χ0v) is 7.02. The normalized spacial score (nSPS) is 14.2. The van der Waals surface area contributed by atoms with Gasteiger partial charge in [-0.25, -0.2) is 0 Å². The van der Waals surface area contributed by atoms with Crippen LogP contribution in [0.15, 0.2) is 10.8 Å². The molecule has 1 heterocycles. The van der Waals surface area contributed by atoms with E-state index in [-0.39, 0.29) is 11.8 Å². The molecular formula is C7H5F3O2S. The van der Waals surface area contributed by atoms with Crippen molar-refractivity contribution in [2.75, 3.05) is 0 Å². The van der Waals surface area contributed by atoms with E-state index in [0.717, 1.165) is 22.1 Å². The molecule has 1 unspecified atom stereocenters. The number of aliphatic hydroxyl groups excluding tert-OH is 1. The number of carbonyl (C=O) groups excluding carboxylic acids is 1. The van der Waals surface area contributed by atoms with Crippen molar-refractivity contribution in [2.45, 2.75) is 12.3 Å². The number of aliphatic hydroxyl groups is 1. The Morgan fingerprint density at radius 3 is 2.54 bits per heavy atom. The van der Waals surface area contributed by atoms with E-state index < -0.39 is 17.8 Å². The SMILES string of the molecule is O=CC(O)c1cscc1C(F)(F)F. The van der Waals surface area contributed by atoms with Gasteiger partial charge in [0.05, 0.1) is 5.56 Å². The first-order valence-corrected chi connectivity index (χ1v) is 4.17. The Kier molecular flexibility index (Phi) is 2.72. The molecule has 1 atom stereocenters. The fourth-order valence-electron chi connectivity index (χ4n) is 0.840. The average molecular weight is 210 g/mol. The quantitative estimate of drug-likeness (QED) is 0.758. The van der Waals surface area contributed by atoms with E-state index in [1.54, 1.807) is 0 Å². The Labute approximate surface area is 75.6 Å². The minimum Gasteiger partial charge on any atom is -0.381 e. The van der Waals surface area contributed by atoms with Crippen LogP contribution in [0.5, 0.6) is 0 Å². The van der Waals surface area contributed by atoms with Crippen molar-refractivity contribution in [1.82, 2.24) is 0 Å². The molecule has 0 fully saturated rings. The average Bonchev–Trinajstić information content (AvgIpc) is 2.49. The summed E-state index contributed by atoms with van der Waals surface area (Å²) in [5, 5.41) is 10.9. The fourth-order valence-corrected chi connectivity index (χ4v) is 1.73. The second-order valence-corrected chi connectivity index (χ2v) is 3.06. The maximum atomic E-state index is 12.2. The number of hydrogen-bond donors (Lipinski definition) is 1. The van der Waals surface area contributed by atoms with E-state index in [0.29, 0.717) is 0 Å². The lowest BCUT2D eigenvalue weighted by Crippen LogP contribution is -2.09. The molecule has 0 amide bonds. The summed E-state index contributed by atoms with van der Waals surface area (Å²) in [5.74, 6) is 0. The third kappa shape index (κ3) is 2.07. The molecule has 0 aliphatic rings. The van der Waals surface area contributed by atoms with Gasteiger partial charge in [0.1, 0.15) is 6.10 Å². The highest BCUT2D eigenvalue weighted by Gasteiger charge is 2.35. The number of halogens is 3. The Morgan fingerprint density at radius 1 is 1.46 bits per heavy atom. The van der Waals surface area contributed by atoms with Gasteiger partial charge in [-0.2, -0.15) is 24.5 Å². The first kappa shape index (κ1) is 10.2. The maximum Gasteiger partial charge on any atom is 0.417 e. The molecule has 13 heavy (non-hydrogen) atoms. The van der Waals surface area contributed by atoms with Crippen LogP contribution in [-0.4, -0.2) is 11.4 Å². The van der Waals surface area contributed by atoms with Gasteiger partial charge in [0, 0.05) is 10.9 Å². The number of carbonyl (C=O) groups is 1. The molecule has 6 heteroatoms. The standard InChI is InChI=1S/C7H5F3O2S/c8-7(9,10)5-3-13-2-4(5)6(12)1-11/h1-3,6,12H. The second kappa shape index (κ2) is 3.47. The van der Waals surface area contributed by atoms with E-state index in [9.17, 15) is 18.0 Å². The molecule has 0 aliphatic heterocycles. The van der Waals surface area contributed by atoms with Crippen LogP contribution in [0.25, 0.3) is 0 Å². The van der Waals surface area contributed by atoms with Crippen LogP contribution in [0, 0.1) is 0 Å². The van der Waals surface area contributed by atoms with Gasteiger partial charge >= 0.3 is 6.18 Å². The summed E-state index contributed by atoms with van der Waals surface area (Å²) in [6.07, 6.45) is -6.14. The lowest BCUT2D eigenvalue weighted by molar-refractivity contribution is -0.139. The Morgan fingerprint density at radius 2 is 2.08 bits per heavy atom. The maximum absolute atomic E-state index is 12.2. The summed E-state index contributed by atoms with van der Waals surface area (Å²) in [6, 6.07) is 0. The van der Waals surface area contributed by atoms with Crippen LogP contribution in [0.1, 0.15) is 17.2 Å². The van der Waals surface area contributed by atoms with Crippen LogP contribution >= 0.6 is 11.3 Å². The third-order valence-corrected chi connectivity index (χ3v) is 2.21. The minimum atomic E-state index is -4.51. The number of alkyl halides is 3. The largest absolute Gasteiger partial charge is 0.417 e. The number of thiophene rings is 1. The van der Waals surface area contributed by atoms with Crippen LogP contribution in [-0.2, 0) is 11.0 Å². The van der Waals surface area contributed by atoms with Crippen molar-refractivity contribution in [3.8, 4) is 0 Å². The van der Waals surface area contributed by atoms with Crippen LogP contribution in [0.3, 0.4) is 0 Å². The molecule has 1 aromatic rings. The van der Waals surface area contributed by atoms with Crippen molar-refractivity contribution < 1.29 is 23.1 Å². The van der Waals surface area contributed by atoms with Gasteiger partial charge in [0.2, 0.25) is 0 Å². The number of hydrogen-bond acceptors (Lipinski definition) is 3. The van der Waals surface area contributed by atoms with Gasteiger partial charge in [-0.1, -0.05) is 0 Å². The zero-order valence-electron chi connectivity index (χ0n) is 6.21. The topological polar surface area (TPSA) is 37.3 Å². The Bertz CT molecular complexity index is 305. The molecule has 72 valence electrons. The summed E-state index contributed by atoms with van der Waals surface area (Å²) >= 11 is 0.798. The van der Waals surface area contributed by atoms with Crippen molar-refractivity contribution in [1.29, 1.82) is 0 Å². The molecule has 0 aliphatic carbocycles. The molecule has 1 N–H and O–H groups in total. The van der Waals surface area contributed by atoms with E-state index in [4.69, 9.17) is 5.11 Å². The molecule has 2 nitrogen and oxygen atoms in total. The molecule has 0 aromatic carbocycles. The Hall–Kier alpha value is -0.880. The van der Waals surface area contributed by atoms with Crippen molar-refractivity contribution in [3.05, 3.63) is 21.9 Å². The fraction of sp³-hybridized carbons (Fsp3) is 0.286. The molecule has 1 rings (SSSR count). The van der Waals surface area contributed by atoms with Gasteiger partial charge < -0.3 is 9.90 Å². The lowest BCUT2D eigenvalue weighted by atomic mass is 10.1. The van der Waals surface area contributed by atoms with Crippen molar-refractivity contribution in [3.63, 3.8) is 0 Å². The lowest BCUT2D eigenvalue weighted by Gasteiger charge is -2.08. The summed E-state index contributed by atoms with van der Waals surface area (Å²) < 4.78 is 36.5. The number of rotatable bonds is 2. The van der Waals surface area contributed by atoms with Crippen LogP contribution < -0.4 is 0 Å². The van der Waals surface area contributed by atoms with Crippen LogP contribution in [0.2, 0.25) is 0 Å². The molecule has 1 aromatic heterocycles. The van der Waals surface area contributed by atoms with E-state index in [1.807, 2.05) is 0 Å². The summed E-state index contributed by atoms with van der Waals surface area (Å²) in [5.41, 5.74) is -1.33. The monoisotopic (exact) mass is 210 g/mol. The smallest absolute Gasteiger partial charge is 0.381 e. The first-order valence-electron chi connectivity index (χ1n) is 3.23. The third-order valence-electron chi connectivity index (χ3n) is 1.44. The zero-order chi connectivity index (χ0) is 10.1. The predicted octanol–water partition coefficient (Wildman–Crippen LogP) is 2.00. The molecule has 0 bridgehead atoms. The minimum absolute atomic E-state index is 0.0668. The van der Waals surface area contributed by atoms with E-state index in [1.165, 1.54) is 0 Å². The van der Waals surface area contributed by atoms with Gasteiger partial charge in [-0.15, -0.1) is 0 Å². The highest BCUT2D eigenvalue weighted by molar-refractivity contribution is 7.08. The molecular weight excluding hydrogens is 205 g/mol. The number of aldehydes is 1. The van der Waals surface area contributed by atoms with Crippen LogP contribution in [0.4, 0.5) is 13.2 Å². The second-order valence-electron chi connectivity index (χ2n) is 2.32. The molecule has 0 saturated carbocycles. The highest BCUT2D eigenvalue weighted by Crippen LogP contribution is 2.36. The summed E-state index contributed by atoms with van der Waals surface area (Å²) in [4.78, 5) is 10.1. The Balaban J connectivity index is 3.10.